The lowest BCUT2D eigenvalue weighted by Gasteiger charge is -2.07. The van der Waals surface area contributed by atoms with Gasteiger partial charge in [0.15, 0.2) is 0 Å². The van der Waals surface area contributed by atoms with Crippen LogP contribution in [0.25, 0.3) is 10.9 Å². The van der Waals surface area contributed by atoms with Crippen molar-refractivity contribution in [2.24, 2.45) is 0 Å². The molecule has 0 aliphatic rings. The molecule has 0 unspecified atom stereocenters. The third-order valence-electron chi connectivity index (χ3n) is 2.88. The zero-order valence-corrected chi connectivity index (χ0v) is 11.0. The van der Waals surface area contributed by atoms with E-state index in [0.717, 1.165) is 22.2 Å². The molecule has 2 aromatic carbocycles. The Kier molecular flexibility index (Phi) is 3.34. The number of aromatic nitrogens is 1. The maximum atomic E-state index is 5.89. The zero-order chi connectivity index (χ0) is 13.1. The van der Waals surface area contributed by atoms with Gasteiger partial charge < -0.3 is 4.74 Å². The molecule has 1 heterocycles. The number of halogens is 1. The largest absolute Gasteiger partial charge is 0.489 e. The summed E-state index contributed by atoms with van der Waals surface area (Å²) in [5, 5.41) is 1.55. The standard InChI is InChI=1S/C16H12ClNO/c17-16-9-7-13-6-8-14(10-15(13)18-16)19-11-12-4-2-1-3-5-12/h1-10H,11H2. The van der Waals surface area contributed by atoms with Crippen molar-refractivity contribution in [3.8, 4) is 5.75 Å². The lowest BCUT2D eigenvalue weighted by molar-refractivity contribution is 0.306. The highest BCUT2D eigenvalue weighted by molar-refractivity contribution is 6.29. The van der Waals surface area contributed by atoms with Crippen molar-refractivity contribution in [1.29, 1.82) is 0 Å². The molecule has 3 aromatic rings. The van der Waals surface area contributed by atoms with Gasteiger partial charge in [-0.3, -0.25) is 0 Å². The van der Waals surface area contributed by atoms with Crippen LogP contribution in [0.2, 0.25) is 5.15 Å². The minimum Gasteiger partial charge on any atom is -0.489 e. The molecule has 0 spiro atoms. The summed E-state index contributed by atoms with van der Waals surface area (Å²) in [4.78, 5) is 4.28. The van der Waals surface area contributed by atoms with Gasteiger partial charge in [0, 0.05) is 11.5 Å². The summed E-state index contributed by atoms with van der Waals surface area (Å²) in [6.45, 7) is 0.549. The van der Waals surface area contributed by atoms with Gasteiger partial charge in [0.2, 0.25) is 0 Å². The Morgan fingerprint density at radius 3 is 2.58 bits per heavy atom. The first kappa shape index (κ1) is 12.0. The van der Waals surface area contributed by atoms with Gasteiger partial charge in [0.05, 0.1) is 5.52 Å². The van der Waals surface area contributed by atoms with E-state index in [0.29, 0.717) is 11.8 Å². The number of benzene rings is 2. The van der Waals surface area contributed by atoms with Crippen LogP contribution in [0.1, 0.15) is 5.56 Å². The van der Waals surface area contributed by atoms with E-state index in [1.54, 1.807) is 6.07 Å². The minimum absolute atomic E-state index is 0.493. The van der Waals surface area contributed by atoms with Crippen molar-refractivity contribution < 1.29 is 4.74 Å². The highest BCUT2D eigenvalue weighted by atomic mass is 35.5. The topological polar surface area (TPSA) is 22.1 Å². The van der Waals surface area contributed by atoms with Gasteiger partial charge in [-0.2, -0.15) is 0 Å². The maximum Gasteiger partial charge on any atom is 0.129 e. The van der Waals surface area contributed by atoms with E-state index >= 15 is 0 Å². The number of pyridine rings is 1. The van der Waals surface area contributed by atoms with Gasteiger partial charge in [-0.15, -0.1) is 0 Å². The van der Waals surface area contributed by atoms with E-state index in [1.165, 1.54) is 0 Å². The van der Waals surface area contributed by atoms with Crippen molar-refractivity contribution in [2.45, 2.75) is 6.61 Å². The number of nitrogens with zero attached hydrogens (tertiary/aromatic N) is 1. The summed E-state index contributed by atoms with van der Waals surface area (Å²) >= 11 is 5.89. The Morgan fingerprint density at radius 1 is 0.947 bits per heavy atom. The fourth-order valence-electron chi connectivity index (χ4n) is 1.90. The van der Waals surface area contributed by atoms with Crippen LogP contribution in [0.4, 0.5) is 0 Å². The number of hydrogen-bond donors (Lipinski definition) is 0. The molecule has 0 atom stereocenters. The maximum absolute atomic E-state index is 5.89. The predicted octanol–water partition coefficient (Wildman–Crippen LogP) is 4.47. The molecule has 0 saturated carbocycles. The van der Waals surface area contributed by atoms with E-state index in [9.17, 15) is 0 Å². The molecule has 2 nitrogen and oxygen atoms in total. The highest BCUT2D eigenvalue weighted by Crippen LogP contribution is 2.21. The van der Waals surface area contributed by atoms with E-state index in [1.807, 2.05) is 54.6 Å². The summed E-state index contributed by atoms with van der Waals surface area (Å²) in [6.07, 6.45) is 0. The third-order valence-corrected chi connectivity index (χ3v) is 3.09. The van der Waals surface area contributed by atoms with E-state index in [4.69, 9.17) is 16.3 Å². The SMILES string of the molecule is Clc1ccc2ccc(OCc3ccccc3)cc2n1. The highest BCUT2D eigenvalue weighted by Gasteiger charge is 2.00. The average molecular weight is 270 g/mol. The third kappa shape index (κ3) is 2.85. The quantitative estimate of drug-likeness (QED) is 0.655. The smallest absolute Gasteiger partial charge is 0.129 e. The molecule has 0 bridgehead atoms. The van der Waals surface area contributed by atoms with Crippen molar-refractivity contribution in [1.82, 2.24) is 4.98 Å². The molecule has 0 fully saturated rings. The molecule has 0 amide bonds. The first-order valence-electron chi connectivity index (χ1n) is 6.04. The van der Waals surface area contributed by atoms with Crippen LogP contribution in [-0.2, 0) is 6.61 Å². The van der Waals surface area contributed by atoms with Crippen LogP contribution in [0.15, 0.2) is 60.7 Å². The molecule has 3 rings (SSSR count). The Hall–Kier alpha value is -2.06. The predicted molar refractivity (Wildman–Crippen MR) is 77.5 cm³/mol. The molecular formula is C16H12ClNO. The van der Waals surface area contributed by atoms with Crippen LogP contribution in [0.3, 0.4) is 0 Å². The molecule has 0 aliphatic carbocycles. The number of hydrogen-bond acceptors (Lipinski definition) is 2. The normalized spacial score (nSPS) is 10.6. The van der Waals surface area contributed by atoms with Gasteiger partial charge >= 0.3 is 0 Å². The molecule has 0 N–H and O–H groups in total. The first-order valence-corrected chi connectivity index (χ1v) is 6.42. The van der Waals surface area contributed by atoms with Crippen LogP contribution < -0.4 is 4.74 Å². The van der Waals surface area contributed by atoms with Crippen molar-refractivity contribution >= 4 is 22.5 Å². The van der Waals surface area contributed by atoms with Crippen LogP contribution in [0, 0.1) is 0 Å². The van der Waals surface area contributed by atoms with E-state index in [-0.39, 0.29) is 0 Å². The van der Waals surface area contributed by atoms with Crippen LogP contribution >= 0.6 is 11.6 Å². The monoisotopic (exact) mass is 269 g/mol. The van der Waals surface area contributed by atoms with Crippen LogP contribution in [0.5, 0.6) is 5.75 Å². The first-order chi connectivity index (χ1) is 9.31. The minimum atomic E-state index is 0.493. The van der Waals surface area contributed by atoms with Gasteiger partial charge in [0.1, 0.15) is 17.5 Å². The number of rotatable bonds is 3. The molecular weight excluding hydrogens is 258 g/mol. The molecule has 19 heavy (non-hydrogen) atoms. The number of ether oxygens (including phenoxy) is 1. The van der Waals surface area contributed by atoms with Gasteiger partial charge in [-0.25, -0.2) is 4.98 Å². The fourth-order valence-corrected chi connectivity index (χ4v) is 2.06. The van der Waals surface area contributed by atoms with Crippen molar-refractivity contribution in [3.05, 3.63) is 71.4 Å². The second kappa shape index (κ2) is 5.29. The Bertz CT molecular complexity index is 697. The summed E-state index contributed by atoms with van der Waals surface area (Å²) in [5.74, 6) is 0.797. The van der Waals surface area contributed by atoms with Gasteiger partial charge in [-0.1, -0.05) is 41.9 Å². The molecule has 1 aromatic heterocycles. The van der Waals surface area contributed by atoms with E-state index < -0.39 is 0 Å². The summed E-state index contributed by atoms with van der Waals surface area (Å²) < 4.78 is 5.76. The van der Waals surface area contributed by atoms with E-state index in [2.05, 4.69) is 4.98 Å². The summed E-state index contributed by atoms with van der Waals surface area (Å²) in [7, 11) is 0. The average Bonchev–Trinajstić information content (AvgIpc) is 2.46. The van der Waals surface area contributed by atoms with Crippen molar-refractivity contribution in [2.75, 3.05) is 0 Å². The molecule has 0 radical (unpaired) electrons. The molecule has 0 saturated heterocycles. The van der Waals surface area contributed by atoms with Crippen LogP contribution in [-0.4, -0.2) is 4.98 Å². The lowest BCUT2D eigenvalue weighted by atomic mass is 10.2. The summed E-state index contributed by atoms with van der Waals surface area (Å²) in [6, 6.07) is 19.6. The van der Waals surface area contributed by atoms with Crippen molar-refractivity contribution in [3.63, 3.8) is 0 Å². The molecule has 3 heteroatoms. The van der Waals surface area contributed by atoms with Gasteiger partial charge in [-0.05, 0) is 29.8 Å². The number of fused-ring (bicyclic) bond motifs is 1. The molecule has 0 aliphatic heterocycles. The summed E-state index contributed by atoms with van der Waals surface area (Å²) in [5.41, 5.74) is 1.99. The Balaban J connectivity index is 1.81. The Morgan fingerprint density at radius 2 is 1.74 bits per heavy atom. The Labute approximate surface area is 116 Å². The second-order valence-electron chi connectivity index (χ2n) is 4.26. The zero-order valence-electron chi connectivity index (χ0n) is 10.2. The lowest BCUT2D eigenvalue weighted by Crippen LogP contribution is -1.95. The molecule has 94 valence electrons. The fraction of sp³-hybridized carbons (Fsp3) is 0.0625. The second-order valence-corrected chi connectivity index (χ2v) is 4.65. The van der Waals surface area contributed by atoms with Gasteiger partial charge in [0.25, 0.3) is 0 Å².